The number of amides is 1. The first-order chi connectivity index (χ1) is 6.52. The summed E-state index contributed by atoms with van der Waals surface area (Å²) in [6.45, 7) is 0. The van der Waals surface area contributed by atoms with Gasteiger partial charge in [-0.1, -0.05) is 6.07 Å². The van der Waals surface area contributed by atoms with Gasteiger partial charge < -0.3 is 0 Å². The maximum atomic E-state index is 12.2. The molecule has 0 bridgehead atoms. The smallest absolute Gasteiger partial charge is 0.286 e. The molecule has 1 heterocycles. The third kappa shape index (κ3) is 2.23. The van der Waals surface area contributed by atoms with E-state index in [1.807, 2.05) is 0 Å². The summed E-state index contributed by atoms with van der Waals surface area (Å²) in [5.74, 6) is -0.826. The third-order valence-electron chi connectivity index (χ3n) is 1.51. The average molecular weight is 202 g/mol. The Balaban J connectivity index is 3.00. The van der Waals surface area contributed by atoms with Crippen LogP contribution in [0.4, 0.5) is 8.78 Å². The number of aromatic nitrogens is 1. The lowest BCUT2D eigenvalue weighted by molar-refractivity contribution is -0.0380. The number of rotatable bonds is 2. The fourth-order valence-electron chi connectivity index (χ4n) is 0.858. The van der Waals surface area contributed by atoms with E-state index in [1.165, 1.54) is 12.1 Å². The van der Waals surface area contributed by atoms with Gasteiger partial charge in [0.05, 0.1) is 0 Å². The summed E-state index contributed by atoms with van der Waals surface area (Å²) in [6.07, 6.45) is -2.73. The minimum absolute atomic E-state index is 0.215. The summed E-state index contributed by atoms with van der Waals surface area (Å²) in [5.41, 5.74) is -0.703. The predicted octanol–water partition coefficient (Wildman–Crippen LogP) is 1.48. The van der Waals surface area contributed by atoms with Crippen molar-refractivity contribution in [3.8, 4) is 0 Å². The first-order valence-electron chi connectivity index (χ1n) is 3.74. The molecule has 0 saturated heterocycles. The average Bonchev–Trinajstić information content (AvgIpc) is 2.16. The molecule has 0 saturated carbocycles. The first kappa shape index (κ1) is 10.5. The van der Waals surface area contributed by atoms with E-state index in [-0.39, 0.29) is 10.8 Å². The van der Waals surface area contributed by atoms with Crippen LogP contribution < -0.4 is 0 Å². The number of hydrogen-bond donors (Lipinski definition) is 1. The molecule has 76 valence electrons. The highest BCUT2D eigenvalue weighted by atomic mass is 19.3. The molecule has 1 aromatic rings. The van der Waals surface area contributed by atoms with Crippen molar-refractivity contribution < 1.29 is 18.8 Å². The molecule has 14 heavy (non-hydrogen) atoms. The summed E-state index contributed by atoms with van der Waals surface area (Å²) < 4.78 is 24.3. The number of halogens is 2. The quantitative estimate of drug-likeness (QED) is 0.583. The van der Waals surface area contributed by atoms with Crippen molar-refractivity contribution >= 4 is 5.91 Å². The first-order valence-corrected chi connectivity index (χ1v) is 3.74. The molecule has 0 aliphatic rings. The van der Waals surface area contributed by atoms with Crippen molar-refractivity contribution in [1.29, 1.82) is 0 Å². The Bertz CT molecular complexity index is 342. The van der Waals surface area contributed by atoms with E-state index in [2.05, 4.69) is 4.98 Å². The SMILES string of the molecule is CN(O)C(=O)c1cccc(C(F)F)n1. The highest BCUT2D eigenvalue weighted by Gasteiger charge is 2.14. The summed E-state index contributed by atoms with van der Waals surface area (Å²) in [7, 11) is 1.10. The second-order valence-corrected chi connectivity index (χ2v) is 2.58. The maximum Gasteiger partial charge on any atom is 0.295 e. The molecule has 0 aliphatic heterocycles. The molecule has 1 amide bonds. The van der Waals surface area contributed by atoms with Crippen LogP contribution in [-0.4, -0.2) is 28.2 Å². The van der Waals surface area contributed by atoms with Crippen LogP contribution in [0.15, 0.2) is 18.2 Å². The second kappa shape index (κ2) is 4.10. The van der Waals surface area contributed by atoms with Gasteiger partial charge in [-0.3, -0.25) is 10.0 Å². The zero-order valence-electron chi connectivity index (χ0n) is 7.32. The molecule has 1 rings (SSSR count). The van der Waals surface area contributed by atoms with Crippen molar-refractivity contribution in [2.45, 2.75) is 6.43 Å². The molecule has 1 N–H and O–H groups in total. The Labute approximate surface area is 78.7 Å². The van der Waals surface area contributed by atoms with Crippen molar-refractivity contribution in [3.63, 3.8) is 0 Å². The lowest BCUT2D eigenvalue weighted by Gasteiger charge is -2.08. The fraction of sp³-hybridized carbons (Fsp3) is 0.250. The monoisotopic (exact) mass is 202 g/mol. The number of carbonyl (C=O) groups is 1. The number of carbonyl (C=O) groups excluding carboxylic acids is 1. The minimum atomic E-state index is -2.73. The Hall–Kier alpha value is -1.56. The second-order valence-electron chi connectivity index (χ2n) is 2.58. The Morgan fingerprint density at radius 2 is 2.21 bits per heavy atom. The lowest BCUT2D eigenvalue weighted by atomic mass is 10.3. The summed E-state index contributed by atoms with van der Waals surface area (Å²) in [6, 6.07) is 3.64. The zero-order chi connectivity index (χ0) is 10.7. The van der Waals surface area contributed by atoms with Gasteiger partial charge in [-0.05, 0) is 12.1 Å². The largest absolute Gasteiger partial charge is 0.295 e. The van der Waals surface area contributed by atoms with E-state index in [0.717, 1.165) is 13.1 Å². The van der Waals surface area contributed by atoms with Crippen LogP contribution in [0, 0.1) is 0 Å². The lowest BCUT2D eigenvalue weighted by Crippen LogP contribution is -2.23. The van der Waals surface area contributed by atoms with E-state index < -0.39 is 18.0 Å². The topological polar surface area (TPSA) is 53.4 Å². The van der Waals surface area contributed by atoms with Crippen molar-refractivity contribution in [3.05, 3.63) is 29.6 Å². The van der Waals surface area contributed by atoms with Crippen LogP contribution in [0.5, 0.6) is 0 Å². The van der Waals surface area contributed by atoms with E-state index in [4.69, 9.17) is 5.21 Å². The van der Waals surface area contributed by atoms with Gasteiger partial charge in [-0.25, -0.2) is 18.8 Å². The molecule has 1 aromatic heterocycles. The molecule has 6 heteroatoms. The maximum absolute atomic E-state index is 12.2. The standard InChI is InChI=1S/C8H8F2N2O2/c1-12(14)8(13)6-4-2-3-5(11-6)7(9)10/h2-4,7,14H,1H3. The number of pyridine rings is 1. The van der Waals surface area contributed by atoms with E-state index in [9.17, 15) is 13.6 Å². The van der Waals surface area contributed by atoms with Gasteiger partial charge in [-0.15, -0.1) is 0 Å². The van der Waals surface area contributed by atoms with Crippen LogP contribution in [0.3, 0.4) is 0 Å². The molecule has 0 fully saturated rings. The number of hydroxylamine groups is 2. The fourth-order valence-corrected chi connectivity index (χ4v) is 0.858. The molecule has 0 spiro atoms. The van der Waals surface area contributed by atoms with E-state index in [0.29, 0.717) is 0 Å². The van der Waals surface area contributed by atoms with Crippen LogP contribution in [0.25, 0.3) is 0 Å². The van der Waals surface area contributed by atoms with Gasteiger partial charge in [0, 0.05) is 7.05 Å². The number of alkyl halides is 2. The third-order valence-corrected chi connectivity index (χ3v) is 1.51. The van der Waals surface area contributed by atoms with Crippen molar-refractivity contribution in [2.24, 2.45) is 0 Å². The van der Waals surface area contributed by atoms with Gasteiger partial charge in [0.15, 0.2) is 0 Å². The van der Waals surface area contributed by atoms with Gasteiger partial charge in [-0.2, -0.15) is 0 Å². The molecule has 0 unspecified atom stereocenters. The van der Waals surface area contributed by atoms with Crippen LogP contribution in [-0.2, 0) is 0 Å². The normalized spacial score (nSPS) is 10.4. The molecule has 0 aliphatic carbocycles. The Morgan fingerprint density at radius 3 is 2.71 bits per heavy atom. The minimum Gasteiger partial charge on any atom is -0.286 e. The number of nitrogens with zero attached hydrogens (tertiary/aromatic N) is 2. The van der Waals surface area contributed by atoms with Gasteiger partial charge in [0.1, 0.15) is 11.4 Å². The zero-order valence-corrected chi connectivity index (χ0v) is 7.32. The molecule has 0 aromatic carbocycles. The molecule has 0 radical (unpaired) electrons. The van der Waals surface area contributed by atoms with E-state index >= 15 is 0 Å². The molecular formula is C8H8F2N2O2. The van der Waals surface area contributed by atoms with Gasteiger partial charge >= 0.3 is 0 Å². The van der Waals surface area contributed by atoms with Crippen LogP contribution in [0.2, 0.25) is 0 Å². The highest BCUT2D eigenvalue weighted by Crippen LogP contribution is 2.16. The van der Waals surface area contributed by atoms with Gasteiger partial charge in [0.2, 0.25) is 0 Å². The molecular weight excluding hydrogens is 194 g/mol. The van der Waals surface area contributed by atoms with Crippen LogP contribution in [0.1, 0.15) is 22.6 Å². The van der Waals surface area contributed by atoms with E-state index in [1.54, 1.807) is 0 Å². The highest BCUT2D eigenvalue weighted by molar-refractivity contribution is 5.91. The Kier molecular flexibility index (Phi) is 3.08. The number of hydrogen-bond acceptors (Lipinski definition) is 3. The molecule has 0 atom stereocenters. The predicted molar refractivity (Wildman–Crippen MR) is 43.1 cm³/mol. The van der Waals surface area contributed by atoms with Crippen molar-refractivity contribution in [1.82, 2.24) is 10.0 Å². The summed E-state index contributed by atoms with van der Waals surface area (Å²) >= 11 is 0. The molecule has 4 nitrogen and oxygen atoms in total. The van der Waals surface area contributed by atoms with Crippen molar-refractivity contribution in [2.75, 3.05) is 7.05 Å². The van der Waals surface area contributed by atoms with Gasteiger partial charge in [0.25, 0.3) is 12.3 Å². The summed E-state index contributed by atoms with van der Waals surface area (Å²) in [5, 5.41) is 9.05. The summed E-state index contributed by atoms with van der Waals surface area (Å²) in [4.78, 5) is 14.5. The Morgan fingerprint density at radius 1 is 1.57 bits per heavy atom. The van der Waals surface area contributed by atoms with Crippen LogP contribution >= 0.6 is 0 Å².